The van der Waals surface area contributed by atoms with E-state index < -0.39 is 0 Å². The first-order valence-electron chi connectivity index (χ1n) is 8.03. The van der Waals surface area contributed by atoms with Gasteiger partial charge in [0.1, 0.15) is 19.0 Å². The number of ether oxygens (including phenoxy) is 3. The molecule has 0 atom stereocenters. The van der Waals surface area contributed by atoms with Gasteiger partial charge in [0.2, 0.25) is 0 Å². The van der Waals surface area contributed by atoms with Crippen LogP contribution < -0.4 is 19.9 Å². The Balaban J connectivity index is 1.65. The van der Waals surface area contributed by atoms with Gasteiger partial charge in [0.25, 0.3) is 5.91 Å². The number of thioether (sulfide) groups is 1. The van der Waals surface area contributed by atoms with Crippen LogP contribution in [0.2, 0.25) is 5.02 Å². The van der Waals surface area contributed by atoms with Gasteiger partial charge in [-0.25, -0.2) is 0 Å². The zero-order chi connectivity index (χ0) is 19.2. The van der Waals surface area contributed by atoms with Crippen LogP contribution in [0.15, 0.2) is 52.4 Å². The zero-order valence-corrected chi connectivity index (χ0v) is 16.0. The molecule has 1 aliphatic heterocycles. The number of methoxy groups -OCH3 is 1. The van der Waals surface area contributed by atoms with Crippen LogP contribution in [0.4, 0.5) is 0 Å². The molecule has 1 heterocycles. The van der Waals surface area contributed by atoms with Crippen molar-refractivity contribution in [2.45, 2.75) is 0 Å². The van der Waals surface area contributed by atoms with Crippen molar-refractivity contribution in [3.8, 4) is 17.2 Å². The quantitative estimate of drug-likeness (QED) is 0.559. The maximum Gasteiger partial charge on any atom is 0.286 e. The van der Waals surface area contributed by atoms with Gasteiger partial charge in [0.15, 0.2) is 16.7 Å². The number of benzene rings is 2. The van der Waals surface area contributed by atoms with E-state index in [4.69, 9.17) is 31.5 Å². The third kappa shape index (κ3) is 4.96. The number of hydrogen-bond donors (Lipinski definition) is 1. The van der Waals surface area contributed by atoms with E-state index in [2.05, 4.69) is 4.99 Å². The molecule has 1 amide bonds. The minimum atomic E-state index is -0.372. The van der Waals surface area contributed by atoms with Gasteiger partial charge in [-0.3, -0.25) is 4.79 Å². The number of hydrogen-bond acceptors (Lipinski definition) is 6. The minimum Gasteiger partial charge on any atom is -0.493 e. The number of aliphatic imine (C=N–C) groups is 1. The number of amidine groups is 1. The molecule has 140 valence electrons. The third-order valence-corrected chi connectivity index (χ3v) is 4.61. The van der Waals surface area contributed by atoms with E-state index in [0.29, 0.717) is 46.0 Å². The average molecular weight is 405 g/mol. The summed E-state index contributed by atoms with van der Waals surface area (Å²) in [5.41, 5.74) is 6.25. The topological polar surface area (TPSA) is 83.1 Å². The molecule has 8 heteroatoms. The van der Waals surface area contributed by atoms with Crippen LogP contribution in [-0.4, -0.2) is 31.4 Å². The number of carbonyl (C=O) groups excluding carboxylic acids is 1. The Kier molecular flexibility index (Phi) is 6.26. The Labute approximate surface area is 166 Å². The number of para-hydroxylation sites is 2. The van der Waals surface area contributed by atoms with Gasteiger partial charge in [-0.15, -0.1) is 0 Å². The van der Waals surface area contributed by atoms with Gasteiger partial charge in [0.05, 0.1) is 12.0 Å². The molecule has 1 aliphatic rings. The monoisotopic (exact) mass is 404 g/mol. The summed E-state index contributed by atoms with van der Waals surface area (Å²) in [4.78, 5) is 15.9. The van der Waals surface area contributed by atoms with Gasteiger partial charge in [-0.2, -0.15) is 4.99 Å². The van der Waals surface area contributed by atoms with Crippen LogP contribution in [-0.2, 0) is 4.79 Å². The van der Waals surface area contributed by atoms with Crippen LogP contribution >= 0.6 is 23.4 Å². The number of nitrogens with two attached hydrogens (primary N) is 1. The molecular formula is C19H17ClN2O4S. The molecule has 2 N–H and O–H groups in total. The van der Waals surface area contributed by atoms with Crippen molar-refractivity contribution in [2.75, 3.05) is 20.3 Å². The smallest absolute Gasteiger partial charge is 0.286 e. The fourth-order valence-corrected chi connectivity index (χ4v) is 3.22. The average Bonchev–Trinajstić information content (AvgIpc) is 2.97. The van der Waals surface area contributed by atoms with Crippen LogP contribution in [0.3, 0.4) is 0 Å². The van der Waals surface area contributed by atoms with Crippen molar-refractivity contribution in [3.05, 3.63) is 58.0 Å². The van der Waals surface area contributed by atoms with Gasteiger partial charge in [-0.1, -0.05) is 23.7 Å². The van der Waals surface area contributed by atoms with Crippen LogP contribution in [0, 0.1) is 0 Å². The molecule has 0 fully saturated rings. The summed E-state index contributed by atoms with van der Waals surface area (Å²) in [5.74, 6) is 1.50. The van der Waals surface area contributed by atoms with Crippen molar-refractivity contribution in [2.24, 2.45) is 10.7 Å². The van der Waals surface area contributed by atoms with Gasteiger partial charge in [-0.05, 0) is 48.2 Å². The molecule has 0 saturated carbocycles. The Morgan fingerprint density at radius 3 is 2.48 bits per heavy atom. The Morgan fingerprint density at radius 1 is 1.11 bits per heavy atom. The zero-order valence-electron chi connectivity index (χ0n) is 14.5. The fraction of sp³-hybridized carbons (Fsp3) is 0.158. The van der Waals surface area contributed by atoms with Gasteiger partial charge >= 0.3 is 0 Å². The summed E-state index contributed by atoms with van der Waals surface area (Å²) in [6, 6.07) is 12.6. The Bertz CT molecular complexity index is 914. The molecule has 0 aromatic heterocycles. The van der Waals surface area contributed by atoms with Gasteiger partial charge < -0.3 is 19.9 Å². The second-order valence-electron chi connectivity index (χ2n) is 5.40. The SMILES string of the molecule is COc1ccccc1OCCOc1ccc(Cl)cc1C=C1SC(N)=NC1=O. The number of carbonyl (C=O) groups is 1. The first kappa shape index (κ1) is 19.1. The largest absolute Gasteiger partial charge is 0.493 e. The standard InChI is InChI=1S/C19H17ClN2O4S/c1-24-15-4-2-3-5-16(15)26-9-8-25-14-7-6-13(20)10-12(14)11-17-18(23)22-19(21)27-17/h2-7,10-11H,8-9H2,1H3,(H2,21,22,23). The molecule has 2 aromatic carbocycles. The fourth-order valence-electron chi connectivity index (χ4n) is 2.37. The van der Waals surface area contributed by atoms with E-state index in [0.717, 1.165) is 11.8 Å². The highest BCUT2D eigenvalue weighted by atomic mass is 35.5. The molecule has 0 aliphatic carbocycles. The van der Waals surface area contributed by atoms with E-state index in [-0.39, 0.29) is 11.1 Å². The Morgan fingerprint density at radius 2 is 1.81 bits per heavy atom. The second kappa shape index (κ2) is 8.83. The van der Waals surface area contributed by atoms with E-state index in [1.165, 1.54) is 0 Å². The van der Waals surface area contributed by atoms with E-state index in [1.54, 1.807) is 31.4 Å². The molecule has 3 rings (SSSR count). The highest BCUT2D eigenvalue weighted by Gasteiger charge is 2.20. The van der Waals surface area contributed by atoms with Crippen molar-refractivity contribution in [3.63, 3.8) is 0 Å². The van der Waals surface area contributed by atoms with Crippen molar-refractivity contribution < 1.29 is 19.0 Å². The molecule has 0 unspecified atom stereocenters. The van der Waals surface area contributed by atoms with E-state index in [1.807, 2.05) is 24.3 Å². The summed E-state index contributed by atoms with van der Waals surface area (Å²) < 4.78 is 16.7. The summed E-state index contributed by atoms with van der Waals surface area (Å²) >= 11 is 7.19. The molecular weight excluding hydrogens is 388 g/mol. The lowest BCUT2D eigenvalue weighted by molar-refractivity contribution is -0.113. The van der Waals surface area contributed by atoms with Crippen molar-refractivity contribution in [1.29, 1.82) is 0 Å². The van der Waals surface area contributed by atoms with Crippen LogP contribution in [0.5, 0.6) is 17.2 Å². The van der Waals surface area contributed by atoms with E-state index in [9.17, 15) is 4.79 Å². The number of amides is 1. The first-order valence-corrected chi connectivity index (χ1v) is 9.22. The lowest BCUT2D eigenvalue weighted by atomic mass is 10.2. The molecule has 2 aromatic rings. The summed E-state index contributed by atoms with van der Waals surface area (Å²) in [6.07, 6.45) is 1.67. The van der Waals surface area contributed by atoms with Crippen LogP contribution in [0.1, 0.15) is 5.56 Å². The first-order chi connectivity index (χ1) is 13.1. The van der Waals surface area contributed by atoms with Gasteiger partial charge in [0, 0.05) is 10.6 Å². The molecule has 0 radical (unpaired) electrons. The molecule has 0 bridgehead atoms. The third-order valence-electron chi connectivity index (χ3n) is 3.56. The highest BCUT2D eigenvalue weighted by Crippen LogP contribution is 2.31. The van der Waals surface area contributed by atoms with Crippen molar-refractivity contribution in [1.82, 2.24) is 0 Å². The second-order valence-corrected chi connectivity index (χ2v) is 6.89. The lowest BCUT2D eigenvalue weighted by Gasteiger charge is -2.12. The Hall–Kier alpha value is -2.64. The summed E-state index contributed by atoms with van der Waals surface area (Å²) in [7, 11) is 1.59. The van der Waals surface area contributed by atoms with E-state index >= 15 is 0 Å². The highest BCUT2D eigenvalue weighted by molar-refractivity contribution is 8.18. The number of rotatable bonds is 7. The minimum absolute atomic E-state index is 0.223. The summed E-state index contributed by atoms with van der Waals surface area (Å²) in [5, 5.41) is 0.754. The summed E-state index contributed by atoms with van der Waals surface area (Å²) in [6.45, 7) is 0.623. The maximum atomic E-state index is 11.8. The number of halogens is 1. The molecule has 27 heavy (non-hydrogen) atoms. The molecule has 6 nitrogen and oxygen atoms in total. The predicted molar refractivity (Wildman–Crippen MR) is 108 cm³/mol. The molecule has 0 saturated heterocycles. The maximum absolute atomic E-state index is 11.8. The predicted octanol–water partition coefficient (Wildman–Crippen LogP) is 3.74. The number of nitrogens with zero attached hydrogens (tertiary/aromatic N) is 1. The van der Waals surface area contributed by atoms with Crippen molar-refractivity contribution >= 4 is 40.5 Å². The lowest BCUT2D eigenvalue weighted by Crippen LogP contribution is -2.10. The molecule has 0 spiro atoms. The normalized spacial score (nSPS) is 15.0. The van der Waals surface area contributed by atoms with Crippen LogP contribution in [0.25, 0.3) is 6.08 Å².